The van der Waals surface area contributed by atoms with E-state index in [1.807, 2.05) is 0 Å². The molecule has 0 aliphatic heterocycles. The fourth-order valence-corrected chi connectivity index (χ4v) is 5.14. The van der Waals surface area contributed by atoms with Gasteiger partial charge in [-0.05, 0) is 53.9 Å². The Labute approximate surface area is 176 Å². The van der Waals surface area contributed by atoms with E-state index in [0.717, 1.165) is 27.8 Å². The van der Waals surface area contributed by atoms with Crippen molar-refractivity contribution in [2.24, 2.45) is 0 Å². The maximum atomic E-state index is 13.3. The van der Waals surface area contributed by atoms with E-state index < -0.39 is 34.3 Å². The van der Waals surface area contributed by atoms with Crippen molar-refractivity contribution in [1.29, 1.82) is 0 Å². The summed E-state index contributed by atoms with van der Waals surface area (Å²) in [5.41, 5.74) is 0.677. The van der Waals surface area contributed by atoms with E-state index in [2.05, 4.69) is 10.1 Å². The van der Waals surface area contributed by atoms with Crippen LogP contribution in [0.4, 0.5) is 15.8 Å². The first-order valence-electron chi connectivity index (χ1n) is 8.61. The van der Waals surface area contributed by atoms with Crippen LogP contribution in [0.3, 0.4) is 0 Å². The number of nitrogens with one attached hydrogen (secondary N) is 1. The second kappa shape index (κ2) is 9.06. The highest BCUT2D eigenvalue weighted by Gasteiger charge is 2.28. The van der Waals surface area contributed by atoms with Crippen LogP contribution in [-0.4, -0.2) is 33.9 Å². The first-order chi connectivity index (χ1) is 14.3. The maximum Gasteiger partial charge on any atom is 0.337 e. The fourth-order valence-electron chi connectivity index (χ4n) is 2.61. The molecule has 1 heterocycles. The minimum Gasteiger partial charge on any atom is -0.465 e. The second-order valence-corrected chi connectivity index (χ2v) is 9.08. The highest BCUT2D eigenvalue weighted by molar-refractivity contribution is 7.94. The smallest absolute Gasteiger partial charge is 0.337 e. The predicted molar refractivity (Wildman–Crippen MR) is 112 cm³/mol. The summed E-state index contributed by atoms with van der Waals surface area (Å²) in [6.07, 6.45) is 0. The largest absolute Gasteiger partial charge is 0.465 e. The van der Waals surface area contributed by atoms with Gasteiger partial charge >= 0.3 is 5.97 Å². The molecule has 0 radical (unpaired) electrons. The zero-order valence-electron chi connectivity index (χ0n) is 15.7. The van der Waals surface area contributed by atoms with Crippen LogP contribution < -0.4 is 9.62 Å². The number of ether oxygens (including phenoxy) is 1. The molecular formula is C20H17FN2O5S2. The topological polar surface area (TPSA) is 92.8 Å². The van der Waals surface area contributed by atoms with Crippen molar-refractivity contribution in [2.45, 2.75) is 4.21 Å². The number of carbonyl (C=O) groups is 2. The molecule has 0 fully saturated rings. The van der Waals surface area contributed by atoms with Gasteiger partial charge in [0.1, 0.15) is 16.6 Å². The molecule has 1 N–H and O–H groups in total. The van der Waals surface area contributed by atoms with Gasteiger partial charge in [0.15, 0.2) is 0 Å². The zero-order chi connectivity index (χ0) is 21.7. The SMILES string of the molecule is COC(=O)c1cccc(NC(=O)CN(c2ccc(F)cc2)S(=O)(=O)c2cccs2)c1. The number of hydrogen-bond donors (Lipinski definition) is 1. The first-order valence-corrected chi connectivity index (χ1v) is 10.9. The van der Waals surface area contributed by atoms with Gasteiger partial charge in [-0.3, -0.25) is 9.10 Å². The molecule has 3 rings (SSSR count). The Morgan fingerprint density at radius 1 is 1.10 bits per heavy atom. The molecule has 0 atom stereocenters. The fraction of sp³-hybridized carbons (Fsp3) is 0.100. The average Bonchev–Trinajstić information content (AvgIpc) is 3.28. The Kier molecular flexibility index (Phi) is 6.48. The number of anilines is 2. The molecule has 3 aromatic rings. The second-order valence-electron chi connectivity index (χ2n) is 6.04. The van der Waals surface area contributed by atoms with Gasteiger partial charge in [0.2, 0.25) is 5.91 Å². The number of amides is 1. The van der Waals surface area contributed by atoms with E-state index in [-0.39, 0.29) is 15.5 Å². The summed E-state index contributed by atoms with van der Waals surface area (Å²) >= 11 is 1.01. The van der Waals surface area contributed by atoms with Crippen LogP contribution in [-0.2, 0) is 19.6 Å². The summed E-state index contributed by atoms with van der Waals surface area (Å²) in [6.45, 7) is -0.547. The molecule has 0 spiro atoms. The molecule has 30 heavy (non-hydrogen) atoms. The molecule has 2 aromatic carbocycles. The Morgan fingerprint density at radius 2 is 1.83 bits per heavy atom. The van der Waals surface area contributed by atoms with Crippen molar-refractivity contribution in [2.75, 3.05) is 23.3 Å². The van der Waals surface area contributed by atoms with Crippen LogP contribution in [0.2, 0.25) is 0 Å². The molecule has 1 aromatic heterocycles. The van der Waals surface area contributed by atoms with Gasteiger partial charge in [0.05, 0.1) is 18.4 Å². The number of sulfonamides is 1. The number of thiophene rings is 1. The van der Waals surface area contributed by atoms with Crippen LogP contribution in [0.25, 0.3) is 0 Å². The van der Waals surface area contributed by atoms with Gasteiger partial charge in [-0.1, -0.05) is 12.1 Å². The van der Waals surface area contributed by atoms with Crippen molar-refractivity contribution in [1.82, 2.24) is 0 Å². The lowest BCUT2D eigenvalue weighted by Crippen LogP contribution is -2.37. The van der Waals surface area contributed by atoms with Gasteiger partial charge < -0.3 is 10.1 Å². The molecule has 1 amide bonds. The van der Waals surface area contributed by atoms with Gasteiger partial charge in [-0.15, -0.1) is 11.3 Å². The minimum absolute atomic E-state index is 0.0484. The summed E-state index contributed by atoms with van der Waals surface area (Å²) < 4.78 is 45.0. The number of hydrogen-bond acceptors (Lipinski definition) is 6. The number of esters is 1. The molecular weight excluding hydrogens is 431 g/mol. The Bertz CT molecular complexity index is 1150. The van der Waals surface area contributed by atoms with Gasteiger partial charge in [0, 0.05) is 5.69 Å². The molecule has 10 heteroatoms. The molecule has 0 bridgehead atoms. The van der Waals surface area contributed by atoms with Crippen molar-refractivity contribution in [3.63, 3.8) is 0 Å². The average molecular weight is 448 g/mol. The summed E-state index contributed by atoms with van der Waals surface area (Å²) in [7, 11) is -2.80. The summed E-state index contributed by atoms with van der Waals surface area (Å²) in [5, 5.41) is 4.17. The third kappa shape index (κ3) is 4.84. The Morgan fingerprint density at radius 3 is 2.47 bits per heavy atom. The third-order valence-corrected chi connectivity index (χ3v) is 7.16. The van der Waals surface area contributed by atoms with Gasteiger partial charge in [-0.2, -0.15) is 0 Å². The molecule has 0 saturated carbocycles. The number of nitrogens with zero attached hydrogens (tertiary/aromatic N) is 1. The molecule has 7 nitrogen and oxygen atoms in total. The number of methoxy groups -OCH3 is 1. The highest BCUT2D eigenvalue weighted by atomic mass is 32.2. The number of rotatable bonds is 7. The van der Waals surface area contributed by atoms with Crippen molar-refractivity contribution in [3.05, 3.63) is 77.4 Å². The van der Waals surface area contributed by atoms with Crippen molar-refractivity contribution < 1.29 is 27.1 Å². The number of benzene rings is 2. The number of carbonyl (C=O) groups excluding carboxylic acids is 2. The standard InChI is InChI=1S/C20H17FN2O5S2/c1-28-20(25)14-4-2-5-16(12-14)22-18(24)13-23(17-9-7-15(21)8-10-17)30(26,27)19-6-3-11-29-19/h2-12H,13H2,1H3,(H,22,24). The van der Waals surface area contributed by atoms with E-state index in [4.69, 9.17) is 0 Å². The van der Waals surface area contributed by atoms with Crippen LogP contribution >= 0.6 is 11.3 Å². The maximum absolute atomic E-state index is 13.3. The van der Waals surface area contributed by atoms with Crippen LogP contribution in [0, 0.1) is 5.82 Å². The van der Waals surface area contributed by atoms with Gasteiger partial charge in [-0.25, -0.2) is 17.6 Å². The van der Waals surface area contributed by atoms with Crippen LogP contribution in [0.5, 0.6) is 0 Å². The summed E-state index contributed by atoms with van der Waals surface area (Å²) in [6, 6.07) is 13.9. The first kappa shape index (κ1) is 21.5. The lowest BCUT2D eigenvalue weighted by Gasteiger charge is -2.23. The van der Waals surface area contributed by atoms with E-state index in [1.165, 1.54) is 37.4 Å². The van der Waals surface area contributed by atoms with Crippen molar-refractivity contribution in [3.8, 4) is 0 Å². The molecule has 0 unspecified atom stereocenters. The molecule has 0 saturated heterocycles. The molecule has 0 aliphatic carbocycles. The van der Waals surface area contributed by atoms with Crippen LogP contribution in [0.15, 0.2) is 70.3 Å². The lowest BCUT2D eigenvalue weighted by atomic mass is 10.2. The van der Waals surface area contributed by atoms with E-state index in [1.54, 1.807) is 23.6 Å². The summed E-state index contributed by atoms with van der Waals surface area (Å²) in [4.78, 5) is 24.3. The Balaban J connectivity index is 1.87. The third-order valence-electron chi connectivity index (χ3n) is 4.01. The summed E-state index contributed by atoms with van der Waals surface area (Å²) in [5.74, 6) is -1.74. The van der Waals surface area contributed by atoms with E-state index >= 15 is 0 Å². The zero-order valence-corrected chi connectivity index (χ0v) is 17.4. The predicted octanol–water partition coefficient (Wildman–Crippen LogP) is 3.51. The number of halogens is 1. The molecule has 156 valence electrons. The normalized spacial score (nSPS) is 11.0. The minimum atomic E-state index is -4.04. The van der Waals surface area contributed by atoms with Crippen LogP contribution in [0.1, 0.15) is 10.4 Å². The highest BCUT2D eigenvalue weighted by Crippen LogP contribution is 2.26. The monoisotopic (exact) mass is 448 g/mol. The van der Waals surface area contributed by atoms with E-state index in [9.17, 15) is 22.4 Å². The van der Waals surface area contributed by atoms with E-state index in [0.29, 0.717) is 5.69 Å². The quantitative estimate of drug-likeness (QED) is 0.559. The van der Waals surface area contributed by atoms with Crippen molar-refractivity contribution >= 4 is 44.6 Å². The molecule has 0 aliphatic rings. The van der Waals surface area contributed by atoms with Gasteiger partial charge in [0.25, 0.3) is 10.0 Å². The Hall–Kier alpha value is -3.24. The lowest BCUT2D eigenvalue weighted by molar-refractivity contribution is -0.114.